The highest BCUT2D eigenvalue weighted by Crippen LogP contribution is 2.36. The molecular formula is C17H15F3N6S. The summed E-state index contributed by atoms with van der Waals surface area (Å²) in [6.45, 7) is 3.92. The van der Waals surface area contributed by atoms with Crippen molar-refractivity contribution in [1.29, 1.82) is 0 Å². The zero-order chi connectivity index (χ0) is 19.3. The van der Waals surface area contributed by atoms with Crippen molar-refractivity contribution >= 4 is 28.4 Å². The lowest BCUT2D eigenvalue weighted by molar-refractivity contribution is -0.141. The Bertz CT molecular complexity index is 1160. The summed E-state index contributed by atoms with van der Waals surface area (Å²) < 4.78 is 42.4. The molecule has 0 aliphatic heterocycles. The van der Waals surface area contributed by atoms with Gasteiger partial charge in [-0.1, -0.05) is 6.92 Å². The third kappa shape index (κ3) is 2.84. The van der Waals surface area contributed by atoms with Crippen molar-refractivity contribution in [3.8, 4) is 11.4 Å². The Balaban J connectivity index is 2.01. The van der Waals surface area contributed by atoms with E-state index in [9.17, 15) is 13.2 Å². The number of hydrogen-bond donors (Lipinski definition) is 0. The van der Waals surface area contributed by atoms with Gasteiger partial charge in [-0.3, -0.25) is 0 Å². The first-order valence-corrected chi connectivity index (χ1v) is 9.17. The smallest absolute Gasteiger partial charge is 0.326 e. The maximum atomic E-state index is 13.0. The normalized spacial score (nSPS) is 12.4. The molecule has 0 aliphatic carbocycles. The van der Waals surface area contributed by atoms with E-state index in [0.29, 0.717) is 22.6 Å². The van der Waals surface area contributed by atoms with Crippen molar-refractivity contribution < 1.29 is 13.2 Å². The number of hydrogen-bond acceptors (Lipinski definition) is 5. The molecule has 4 aromatic heterocycles. The predicted molar refractivity (Wildman–Crippen MR) is 96.6 cm³/mol. The van der Waals surface area contributed by atoms with Crippen LogP contribution < -0.4 is 0 Å². The fourth-order valence-electron chi connectivity index (χ4n) is 2.94. The molecular weight excluding hydrogens is 377 g/mol. The number of fused-ring (bicyclic) bond motifs is 2. The maximum absolute atomic E-state index is 13.0. The SMILES string of the molecule is CCSc1nn2c(C)ccnc2c1-c1nc2cc(C(F)(F)F)ncc2n1C. The Hall–Kier alpha value is -2.62. The molecule has 0 bridgehead atoms. The van der Waals surface area contributed by atoms with Gasteiger partial charge in [-0.25, -0.2) is 19.5 Å². The predicted octanol–water partition coefficient (Wildman–Crippen LogP) is 4.12. The zero-order valence-corrected chi connectivity index (χ0v) is 15.6. The molecule has 0 unspecified atom stereocenters. The second-order valence-corrected chi connectivity index (χ2v) is 7.24. The molecule has 0 spiro atoms. The summed E-state index contributed by atoms with van der Waals surface area (Å²) >= 11 is 1.54. The Morgan fingerprint density at radius 1 is 1.22 bits per heavy atom. The van der Waals surface area contributed by atoms with Gasteiger partial charge in [0.1, 0.15) is 16.5 Å². The van der Waals surface area contributed by atoms with Crippen LogP contribution in [-0.4, -0.2) is 34.9 Å². The highest BCUT2D eigenvalue weighted by molar-refractivity contribution is 7.99. The van der Waals surface area contributed by atoms with E-state index in [1.165, 1.54) is 18.0 Å². The molecule has 4 heterocycles. The van der Waals surface area contributed by atoms with Crippen molar-refractivity contribution in [2.45, 2.75) is 25.0 Å². The summed E-state index contributed by atoms with van der Waals surface area (Å²) in [7, 11) is 1.75. The van der Waals surface area contributed by atoms with Gasteiger partial charge >= 0.3 is 6.18 Å². The number of rotatable bonds is 3. The van der Waals surface area contributed by atoms with Crippen molar-refractivity contribution in [1.82, 2.24) is 29.1 Å². The molecule has 10 heteroatoms. The van der Waals surface area contributed by atoms with E-state index in [1.807, 2.05) is 19.9 Å². The average Bonchev–Trinajstić information content (AvgIpc) is 3.13. The molecule has 27 heavy (non-hydrogen) atoms. The standard InChI is InChI=1S/C17H15F3N6S/c1-4-27-16-13(14-21-6-5-9(2)26(14)24-16)15-23-10-7-12(17(18,19)20)22-8-11(10)25(15)3/h5-8H,4H2,1-3H3. The summed E-state index contributed by atoms with van der Waals surface area (Å²) in [4.78, 5) is 12.4. The van der Waals surface area contributed by atoms with Crippen LogP contribution in [0.1, 0.15) is 18.3 Å². The summed E-state index contributed by atoms with van der Waals surface area (Å²) in [5.41, 5.74) is 2.01. The Labute approximate surface area is 156 Å². The first-order valence-electron chi connectivity index (χ1n) is 8.18. The zero-order valence-electron chi connectivity index (χ0n) is 14.7. The lowest BCUT2D eigenvalue weighted by Gasteiger charge is -2.05. The number of halogens is 3. The number of pyridine rings is 1. The van der Waals surface area contributed by atoms with Crippen LogP contribution in [0.25, 0.3) is 28.1 Å². The van der Waals surface area contributed by atoms with Crippen LogP contribution in [0, 0.1) is 6.92 Å². The van der Waals surface area contributed by atoms with E-state index in [0.717, 1.165) is 22.5 Å². The second kappa shape index (κ2) is 6.22. The highest BCUT2D eigenvalue weighted by atomic mass is 32.2. The maximum Gasteiger partial charge on any atom is 0.433 e. The van der Waals surface area contributed by atoms with E-state index < -0.39 is 11.9 Å². The van der Waals surface area contributed by atoms with Crippen molar-refractivity contribution in [3.63, 3.8) is 0 Å². The molecule has 0 N–H and O–H groups in total. The van der Waals surface area contributed by atoms with Crippen molar-refractivity contribution in [2.24, 2.45) is 7.05 Å². The molecule has 0 aliphatic rings. The summed E-state index contributed by atoms with van der Waals surface area (Å²) in [6, 6.07) is 2.81. The van der Waals surface area contributed by atoms with Gasteiger partial charge in [0.2, 0.25) is 0 Å². The first-order chi connectivity index (χ1) is 12.8. The van der Waals surface area contributed by atoms with E-state index in [2.05, 4.69) is 20.1 Å². The molecule has 0 amide bonds. The number of aromatic nitrogens is 6. The first kappa shape index (κ1) is 17.8. The molecule has 140 valence electrons. The number of imidazole rings is 1. The van der Waals surface area contributed by atoms with Gasteiger partial charge in [-0.15, -0.1) is 11.8 Å². The number of nitrogens with zero attached hydrogens (tertiary/aromatic N) is 6. The monoisotopic (exact) mass is 392 g/mol. The fourth-order valence-corrected chi connectivity index (χ4v) is 3.68. The van der Waals surface area contributed by atoms with Crippen LogP contribution in [0.4, 0.5) is 13.2 Å². The van der Waals surface area contributed by atoms with Crippen molar-refractivity contribution in [2.75, 3.05) is 5.75 Å². The highest BCUT2D eigenvalue weighted by Gasteiger charge is 2.33. The molecule has 4 rings (SSSR count). The second-order valence-electron chi connectivity index (χ2n) is 5.99. The van der Waals surface area contributed by atoms with Crippen LogP contribution >= 0.6 is 11.8 Å². The quantitative estimate of drug-likeness (QED) is 0.491. The van der Waals surface area contributed by atoms with Gasteiger partial charge in [-0.05, 0) is 24.8 Å². The molecule has 0 radical (unpaired) electrons. The fraction of sp³-hybridized carbons (Fsp3) is 0.294. The lowest BCUT2D eigenvalue weighted by Crippen LogP contribution is -2.07. The van der Waals surface area contributed by atoms with Crippen LogP contribution in [0.3, 0.4) is 0 Å². The average molecular weight is 392 g/mol. The van der Waals surface area contributed by atoms with Crippen LogP contribution in [0.15, 0.2) is 29.6 Å². The molecule has 0 saturated carbocycles. The summed E-state index contributed by atoms with van der Waals surface area (Å²) in [5.74, 6) is 1.30. The van der Waals surface area contributed by atoms with Gasteiger partial charge in [0.25, 0.3) is 0 Å². The minimum Gasteiger partial charge on any atom is -0.326 e. The van der Waals surface area contributed by atoms with Gasteiger partial charge in [0, 0.05) is 18.9 Å². The molecule has 0 fully saturated rings. The van der Waals surface area contributed by atoms with Crippen molar-refractivity contribution in [3.05, 3.63) is 35.9 Å². The Morgan fingerprint density at radius 2 is 2.00 bits per heavy atom. The van der Waals surface area contributed by atoms with Crippen LogP contribution in [0.5, 0.6) is 0 Å². The van der Waals surface area contributed by atoms with Gasteiger partial charge in [0.15, 0.2) is 5.65 Å². The van der Waals surface area contributed by atoms with Crippen LogP contribution in [0.2, 0.25) is 0 Å². The van der Waals surface area contributed by atoms with E-state index in [-0.39, 0.29) is 5.52 Å². The van der Waals surface area contributed by atoms with E-state index in [4.69, 9.17) is 0 Å². The van der Waals surface area contributed by atoms with Gasteiger partial charge in [-0.2, -0.15) is 18.3 Å². The van der Waals surface area contributed by atoms with Crippen LogP contribution in [-0.2, 0) is 13.2 Å². The minimum absolute atomic E-state index is 0.231. The number of aryl methyl sites for hydroxylation is 2. The minimum atomic E-state index is -4.52. The lowest BCUT2D eigenvalue weighted by atomic mass is 10.3. The summed E-state index contributed by atoms with van der Waals surface area (Å²) in [6.07, 6.45) is -1.63. The number of thioether (sulfide) groups is 1. The summed E-state index contributed by atoms with van der Waals surface area (Å²) in [5, 5.41) is 5.35. The molecule has 0 saturated heterocycles. The van der Waals surface area contributed by atoms with E-state index in [1.54, 1.807) is 22.3 Å². The third-order valence-corrected chi connectivity index (χ3v) is 5.09. The largest absolute Gasteiger partial charge is 0.433 e. The molecule has 4 aromatic rings. The molecule has 0 atom stereocenters. The topological polar surface area (TPSA) is 60.9 Å². The molecule has 6 nitrogen and oxygen atoms in total. The van der Waals surface area contributed by atoms with Gasteiger partial charge < -0.3 is 4.57 Å². The number of alkyl halides is 3. The molecule has 0 aromatic carbocycles. The van der Waals surface area contributed by atoms with Gasteiger partial charge in [0.05, 0.1) is 22.8 Å². The van der Waals surface area contributed by atoms with E-state index >= 15 is 0 Å². The Kier molecular flexibility index (Phi) is 4.10. The third-order valence-electron chi connectivity index (χ3n) is 4.24. The Morgan fingerprint density at radius 3 is 2.70 bits per heavy atom.